The van der Waals surface area contributed by atoms with Gasteiger partial charge in [-0.2, -0.15) is 8.42 Å². The summed E-state index contributed by atoms with van der Waals surface area (Å²) in [6.07, 6.45) is 1.68. The van der Waals surface area contributed by atoms with E-state index in [-0.39, 0.29) is 50.5 Å². The molecule has 0 spiro atoms. The lowest BCUT2D eigenvalue weighted by molar-refractivity contribution is 0.0729. The summed E-state index contributed by atoms with van der Waals surface area (Å²) in [5, 5.41) is 0.284. The number of benzene rings is 3. The molecule has 178 valence electrons. The molecule has 10 heteroatoms. The zero-order valence-corrected chi connectivity index (χ0v) is 20.3. The Morgan fingerprint density at radius 3 is 2.44 bits per heavy atom. The van der Waals surface area contributed by atoms with Crippen LogP contribution in [0.4, 0.5) is 4.39 Å². The zero-order valence-electron chi connectivity index (χ0n) is 18.0. The highest BCUT2D eigenvalue weighted by atomic mass is 35.5. The minimum absolute atomic E-state index is 0.0298. The van der Waals surface area contributed by atoms with Gasteiger partial charge in [-0.05, 0) is 66.9 Å². The van der Waals surface area contributed by atoms with Gasteiger partial charge in [0, 0.05) is 18.2 Å². The van der Waals surface area contributed by atoms with Gasteiger partial charge in [0.2, 0.25) is 0 Å². The van der Waals surface area contributed by atoms with Gasteiger partial charge in [0.05, 0.1) is 17.2 Å². The molecule has 6 nitrogen and oxygen atoms in total. The van der Waals surface area contributed by atoms with Gasteiger partial charge in [-0.25, -0.2) is 4.39 Å². The van der Waals surface area contributed by atoms with Gasteiger partial charge in [-0.15, -0.1) is 0 Å². The third-order valence-corrected chi connectivity index (χ3v) is 7.25. The Kier molecular flexibility index (Phi) is 7.02. The summed E-state index contributed by atoms with van der Waals surface area (Å²) in [7, 11) is -2.86. The van der Waals surface area contributed by atoms with Crippen LogP contribution in [0.3, 0.4) is 0 Å². The number of hydrogen-bond acceptors (Lipinski definition) is 5. The molecule has 0 heterocycles. The Bertz CT molecular complexity index is 1340. The van der Waals surface area contributed by atoms with Gasteiger partial charge >= 0.3 is 10.1 Å². The van der Waals surface area contributed by atoms with Crippen LogP contribution in [0.5, 0.6) is 11.5 Å². The largest absolute Gasteiger partial charge is 0.493 e. The van der Waals surface area contributed by atoms with E-state index in [4.69, 9.17) is 32.1 Å². The molecule has 0 saturated heterocycles. The van der Waals surface area contributed by atoms with Crippen molar-refractivity contribution in [2.45, 2.75) is 30.3 Å². The van der Waals surface area contributed by atoms with Crippen LogP contribution in [-0.4, -0.2) is 32.4 Å². The van der Waals surface area contributed by atoms with Gasteiger partial charge < -0.3 is 13.8 Å². The normalized spacial score (nSPS) is 13.4. The van der Waals surface area contributed by atoms with Crippen molar-refractivity contribution in [1.29, 1.82) is 0 Å². The van der Waals surface area contributed by atoms with E-state index in [1.807, 2.05) is 0 Å². The fourth-order valence-electron chi connectivity index (χ4n) is 3.42. The maximum Gasteiger partial charge on any atom is 0.339 e. The van der Waals surface area contributed by atoms with Crippen molar-refractivity contribution >= 4 is 39.2 Å². The number of methoxy groups -OCH3 is 1. The first-order chi connectivity index (χ1) is 16.2. The number of carbonyl (C=O) groups excluding carboxylic acids is 1. The first kappa shape index (κ1) is 24.3. The maximum absolute atomic E-state index is 13.6. The van der Waals surface area contributed by atoms with Crippen molar-refractivity contribution < 1.29 is 26.5 Å². The Hall–Kier alpha value is -2.81. The summed E-state index contributed by atoms with van der Waals surface area (Å²) < 4.78 is 49.9. The van der Waals surface area contributed by atoms with E-state index in [1.165, 1.54) is 49.6 Å². The highest BCUT2D eigenvalue weighted by Gasteiger charge is 2.33. The van der Waals surface area contributed by atoms with Crippen LogP contribution in [0.1, 0.15) is 28.8 Å². The van der Waals surface area contributed by atoms with Gasteiger partial charge in [-0.3, -0.25) is 4.79 Å². The summed E-state index contributed by atoms with van der Waals surface area (Å²) in [6, 6.07) is 14.2. The van der Waals surface area contributed by atoms with Crippen LogP contribution >= 0.6 is 23.2 Å². The lowest BCUT2D eigenvalue weighted by Crippen LogP contribution is -2.32. The highest BCUT2D eigenvalue weighted by Crippen LogP contribution is 2.35. The third-order valence-electron chi connectivity index (χ3n) is 5.28. The molecule has 34 heavy (non-hydrogen) atoms. The van der Waals surface area contributed by atoms with E-state index in [0.717, 1.165) is 12.8 Å². The summed E-state index contributed by atoms with van der Waals surface area (Å²) in [6.45, 7) is 0.188. The first-order valence-corrected chi connectivity index (χ1v) is 12.5. The van der Waals surface area contributed by atoms with E-state index in [0.29, 0.717) is 5.56 Å². The second-order valence-corrected chi connectivity index (χ2v) is 10.1. The Balaban J connectivity index is 1.61. The molecular weight excluding hydrogens is 504 g/mol. The fourth-order valence-corrected chi connectivity index (χ4v) is 4.74. The van der Waals surface area contributed by atoms with Crippen LogP contribution < -0.4 is 8.92 Å². The van der Waals surface area contributed by atoms with Crippen molar-refractivity contribution in [3.63, 3.8) is 0 Å². The van der Waals surface area contributed by atoms with E-state index >= 15 is 0 Å². The van der Waals surface area contributed by atoms with Crippen molar-refractivity contribution in [2.24, 2.45) is 0 Å². The molecule has 0 atom stereocenters. The second-order valence-electron chi connectivity index (χ2n) is 7.77. The molecule has 1 fully saturated rings. The molecule has 1 aliphatic carbocycles. The predicted molar refractivity (Wildman–Crippen MR) is 127 cm³/mol. The standard InChI is InChI=1S/C24H20Cl2FNO5S/c1-32-22-10-5-15(11-23(22)33-34(30,31)19-8-9-20(25)21(26)13-19)14-28(18-6-7-18)24(29)16-3-2-4-17(27)12-16/h2-5,8-13,18H,6-7,14H2,1H3. The van der Waals surface area contributed by atoms with Gasteiger partial charge in [0.15, 0.2) is 11.5 Å². The molecule has 0 radical (unpaired) electrons. The van der Waals surface area contributed by atoms with Crippen LogP contribution in [0, 0.1) is 5.82 Å². The van der Waals surface area contributed by atoms with Crippen LogP contribution in [0.2, 0.25) is 10.0 Å². The maximum atomic E-state index is 13.6. The number of rotatable bonds is 8. The van der Waals surface area contributed by atoms with E-state index in [9.17, 15) is 17.6 Å². The average Bonchev–Trinajstić information content (AvgIpc) is 3.64. The third kappa shape index (κ3) is 5.46. The molecule has 0 bridgehead atoms. The van der Waals surface area contributed by atoms with E-state index < -0.39 is 15.9 Å². The molecule has 0 aliphatic heterocycles. The number of hydrogen-bond donors (Lipinski definition) is 0. The highest BCUT2D eigenvalue weighted by molar-refractivity contribution is 7.87. The summed E-state index contributed by atoms with van der Waals surface area (Å²) in [4.78, 5) is 14.5. The molecule has 1 aliphatic rings. The van der Waals surface area contributed by atoms with Crippen LogP contribution in [0.25, 0.3) is 0 Å². The number of ether oxygens (including phenoxy) is 1. The minimum atomic E-state index is -4.24. The fraction of sp³-hybridized carbons (Fsp3) is 0.208. The lowest BCUT2D eigenvalue weighted by atomic mass is 10.1. The van der Waals surface area contributed by atoms with E-state index in [2.05, 4.69) is 0 Å². The van der Waals surface area contributed by atoms with Crippen LogP contribution in [-0.2, 0) is 16.7 Å². The molecule has 3 aromatic rings. The Labute approximate surface area is 206 Å². The number of nitrogens with zero attached hydrogens (tertiary/aromatic N) is 1. The van der Waals surface area contributed by atoms with Crippen molar-refractivity contribution in [3.05, 3.63) is 87.7 Å². The smallest absolute Gasteiger partial charge is 0.339 e. The molecule has 0 unspecified atom stereocenters. The molecule has 0 aromatic heterocycles. The van der Waals surface area contributed by atoms with Gasteiger partial charge in [0.25, 0.3) is 5.91 Å². The number of halogens is 3. The van der Waals surface area contributed by atoms with Gasteiger partial charge in [-0.1, -0.05) is 35.3 Å². The van der Waals surface area contributed by atoms with Crippen LogP contribution in [0.15, 0.2) is 65.6 Å². The SMILES string of the molecule is COc1ccc(CN(C(=O)c2cccc(F)c2)C2CC2)cc1OS(=O)(=O)c1ccc(Cl)c(Cl)c1. The topological polar surface area (TPSA) is 72.9 Å². The van der Waals surface area contributed by atoms with Crippen molar-refractivity contribution in [1.82, 2.24) is 4.90 Å². The second kappa shape index (κ2) is 9.82. The minimum Gasteiger partial charge on any atom is -0.493 e. The summed E-state index contributed by atoms with van der Waals surface area (Å²) in [5.74, 6) is -0.639. The quantitative estimate of drug-likeness (QED) is 0.353. The lowest BCUT2D eigenvalue weighted by Gasteiger charge is -2.23. The molecule has 4 rings (SSSR count). The summed E-state index contributed by atoms with van der Waals surface area (Å²) >= 11 is 11.8. The number of amides is 1. The molecule has 3 aromatic carbocycles. The monoisotopic (exact) mass is 523 g/mol. The van der Waals surface area contributed by atoms with Crippen molar-refractivity contribution in [2.75, 3.05) is 7.11 Å². The molecular formula is C24H20Cl2FNO5S. The first-order valence-electron chi connectivity index (χ1n) is 10.3. The predicted octanol–water partition coefficient (Wildman–Crippen LogP) is 5.71. The molecule has 0 N–H and O–H groups in total. The van der Waals surface area contributed by atoms with Gasteiger partial charge in [0.1, 0.15) is 10.7 Å². The summed E-state index contributed by atoms with van der Waals surface area (Å²) in [5.41, 5.74) is 0.871. The Morgan fingerprint density at radius 2 is 1.79 bits per heavy atom. The van der Waals surface area contributed by atoms with E-state index in [1.54, 1.807) is 23.1 Å². The average molecular weight is 524 g/mol. The zero-order chi connectivity index (χ0) is 24.5. The molecule has 1 amide bonds. The Morgan fingerprint density at radius 1 is 1.03 bits per heavy atom. The molecule has 1 saturated carbocycles. The van der Waals surface area contributed by atoms with Crippen molar-refractivity contribution in [3.8, 4) is 11.5 Å². The number of carbonyl (C=O) groups is 1.